The largest absolute Gasteiger partial charge is 0.310 e. The lowest BCUT2D eigenvalue weighted by atomic mass is 9.68. The Kier molecular flexibility index (Phi) is 9.82. The van der Waals surface area contributed by atoms with Crippen LogP contribution in [0.5, 0.6) is 0 Å². The fraction of sp³-hybridized carbons (Fsp3) is 0.0141. The van der Waals surface area contributed by atoms with Crippen molar-refractivity contribution >= 4 is 60.2 Å². The maximum absolute atomic E-state index is 2.52. The summed E-state index contributed by atoms with van der Waals surface area (Å²) in [5, 5.41) is 9.96. The van der Waals surface area contributed by atoms with Crippen molar-refractivity contribution in [3.8, 4) is 44.5 Å². The van der Waals surface area contributed by atoms with Crippen LogP contribution >= 0.6 is 0 Å². The van der Waals surface area contributed by atoms with Crippen molar-refractivity contribution in [2.75, 3.05) is 4.90 Å². The van der Waals surface area contributed by atoms with E-state index in [1.54, 1.807) is 0 Å². The zero-order valence-electron chi connectivity index (χ0n) is 39.6. The summed E-state index contributed by atoms with van der Waals surface area (Å²) in [5.41, 5.74) is 17.5. The molecule has 1 aliphatic carbocycles. The standard InChI is InChI=1S/C71H47N/c1-5-21-50(22-6-1)68-62-31-16-15-30-60(62)61-45-43-57(47-64(61)69(68)51-23-7-2-8-24-51)72(56-41-38-48(39-42-56)52-40-44-59-53(46-52)37-36-49-20-13-14-29-58(49)59)67-35-19-34-66-70(67)63-32-17-18-33-65(63)71(66,54-25-9-3-10-26-54)55-27-11-4-12-28-55/h1-47H. The summed E-state index contributed by atoms with van der Waals surface area (Å²) < 4.78 is 0. The molecule has 0 radical (unpaired) electrons. The number of rotatable bonds is 8. The highest BCUT2D eigenvalue weighted by Crippen LogP contribution is 2.60. The van der Waals surface area contributed by atoms with E-state index in [0.717, 1.165) is 17.1 Å². The van der Waals surface area contributed by atoms with Gasteiger partial charge in [0.05, 0.1) is 11.1 Å². The molecule has 0 saturated heterocycles. The summed E-state index contributed by atoms with van der Waals surface area (Å²) in [4.78, 5) is 2.52. The Labute approximate surface area is 420 Å². The summed E-state index contributed by atoms with van der Waals surface area (Å²) in [6.45, 7) is 0. The zero-order valence-corrected chi connectivity index (χ0v) is 39.6. The fourth-order valence-electron chi connectivity index (χ4n) is 12.2. The van der Waals surface area contributed by atoms with E-state index >= 15 is 0 Å². The Balaban J connectivity index is 1.04. The van der Waals surface area contributed by atoms with Gasteiger partial charge in [0, 0.05) is 16.9 Å². The molecule has 0 amide bonds. The molecule has 13 aromatic rings. The SMILES string of the molecule is c1ccc(-c2c(-c3ccccc3)c3cc(N(c4ccc(-c5ccc6c(ccc7ccccc76)c5)cc4)c4cccc5c4-c4ccccc4C5(c4ccccc4)c4ccccc4)ccc3c3ccccc23)cc1. The predicted octanol–water partition coefficient (Wildman–Crippen LogP) is 19.1. The first-order valence-corrected chi connectivity index (χ1v) is 25.0. The molecule has 72 heavy (non-hydrogen) atoms. The first kappa shape index (κ1) is 41.7. The highest BCUT2D eigenvalue weighted by molar-refractivity contribution is 6.22. The molecule has 0 aliphatic heterocycles. The van der Waals surface area contributed by atoms with Gasteiger partial charge in [0.15, 0.2) is 0 Å². The zero-order chi connectivity index (χ0) is 47.6. The number of hydrogen-bond donors (Lipinski definition) is 0. The van der Waals surface area contributed by atoms with Gasteiger partial charge in [-0.3, -0.25) is 0 Å². The average molecular weight is 914 g/mol. The van der Waals surface area contributed by atoms with E-state index < -0.39 is 5.41 Å². The molecule has 1 nitrogen and oxygen atoms in total. The second-order valence-electron chi connectivity index (χ2n) is 19.1. The van der Waals surface area contributed by atoms with Gasteiger partial charge in [-0.05, 0) is 141 Å². The quantitative estimate of drug-likeness (QED) is 0.137. The van der Waals surface area contributed by atoms with Gasteiger partial charge in [-0.25, -0.2) is 0 Å². The number of anilines is 3. The van der Waals surface area contributed by atoms with Crippen LogP contribution in [0.4, 0.5) is 17.1 Å². The molecule has 0 unspecified atom stereocenters. The predicted molar refractivity (Wildman–Crippen MR) is 305 cm³/mol. The maximum atomic E-state index is 2.52. The van der Waals surface area contributed by atoms with Gasteiger partial charge < -0.3 is 4.90 Å². The van der Waals surface area contributed by atoms with E-state index in [4.69, 9.17) is 0 Å². The molecule has 13 aromatic carbocycles. The van der Waals surface area contributed by atoms with Crippen LogP contribution in [0, 0.1) is 0 Å². The molecule has 0 heterocycles. The smallest absolute Gasteiger partial charge is 0.0714 e. The summed E-state index contributed by atoms with van der Waals surface area (Å²) in [6, 6.07) is 106. The van der Waals surface area contributed by atoms with E-state index in [1.165, 1.54) is 110 Å². The summed E-state index contributed by atoms with van der Waals surface area (Å²) in [5.74, 6) is 0. The molecular weight excluding hydrogens is 867 g/mol. The first-order chi connectivity index (χ1) is 35.7. The summed E-state index contributed by atoms with van der Waals surface area (Å²) in [6.07, 6.45) is 0. The Hall–Kier alpha value is -9.30. The molecule has 0 fully saturated rings. The van der Waals surface area contributed by atoms with Crippen LogP contribution in [-0.2, 0) is 5.41 Å². The molecule has 0 atom stereocenters. The molecule has 14 rings (SSSR count). The van der Waals surface area contributed by atoms with E-state index in [1.807, 2.05) is 0 Å². The van der Waals surface area contributed by atoms with Crippen LogP contribution in [-0.4, -0.2) is 0 Å². The molecule has 1 heteroatoms. The molecule has 0 bridgehead atoms. The third-order valence-electron chi connectivity index (χ3n) is 15.3. The Morgan fingerprint density at radius 3 is 1.46 bits per heavy atom. The second kappa shape index (κ2) is 17.0. The number of benzene rings is 13. The lowest BCUT2D eigenvalue weighted by Crippen LogP contribution is -2.28. The lowest BCUT2D eigenvalue weighted by molar-refractivity contribution is 0.768. The molecule has 0 N–H and O–H groups in total. The van der Waals surface area contributed by atoms with Gasteiger partial charge >= 0.3 is 0 Å². The van der Waals surface area contributed by atoms with E-state index in [2.05, 4.69) is 290 Å². The van der Waals surface area contributed by atoms with Crippen LogP contribution in [0.3, 0.4) is 0 Å². The average Bonchev–Trinajstić information content (AvgIpc) is 3.77. The van der Waals surface area contributed by atoms with Gasteiger partial charge in [-0.2, -0.15) is 0 Å². The van der Waals surface area contributed by atoms with Crippen LogP contribution in [0.2, 0.25) is 0 Å². The van der Waals surface area contributed by atoms with E-state index in [9.17, 15) is 0 Å². The Morgan fingerprint density at radius 2 is 0.750 bits per heavy atom. The second-order valence-corrected chi connectivity index (χ2v) is 19.1. The third kappa shape index (κ3) is 6.48. The van der Waals surface area contributed by atoms with Crippen molar-refractivity contribution in [2.45, 2.75) is 5.41 Å². The third-order valence-corrected chi connectivity index (χ3v) is 15.3. The number of nitrogens with zero attached hydrogens (tertiary/aromatic N) is 1. The molecule has 1 aliphatic rings. The summed E-state index contributed by atoms with van der Waals surface area (Å²) in [7, 11) is 0. The van der Waals surface area contributed by atoms with Gasteiger partial charge in [0.2, 0.25) is 0 Å². The molecular formula is C71H47N. The van der Waals surface area contributed by atoms with Gasteiger partial charge in [-0.1, -0.05) is 249 Å². The fourth-order valence-corrected chi connectivity index (χ4v) is 12.2. The number of hydrogen-bond acceptors (Lipinski definition) is 1. The highest BCUT2D eigenvalue weighted by atomic mass is 15.1. The normalized spacial score (nSPS) is 12.6. The minimum atomic E-state index is -0.547. The van der Waals surface area contributed by atoms with Crippen molar-refractivity contribution in [1.82, 2.24) is 0 Å². The van der Waals surface area contributed by atoms with Crippen molar-refractivity contribution in [3.05, 3.63) is 307 Å². The van der Waals surface area contributed by atoms with Crippen LogP contribution in [0.1, 0.15) is 22.3 Å². The van der Waals surface area contributed by atoms with Crippen molar-refractivity contribution < 1.29 is 0 Å². The minimum Gasteiger partial charge on any atom is -0.310 e. The summed E-state index contributed by atoms with van der Waals surface area (Å²) >= 11 is 0. The molecule has 336 valence electrons. The highest BCUT2D eigenvalue weighted by Gasteiger charge is 2.47. The molecule has 0 aromatic heterocycles. The van der Waals surface area contributed by atoms with Gasteiger partial charge in [-0.15, -0.1) is 0 Å². The van der Waals surface area contributed by atoms with E-state index in [-0.39, 0.29) is 0 Å². The first-order valence-electron chi connectivity index (χ1n) is 25.0. The van der Waals surface area contributed by atoms with Crippen LogP contribution in [0.25, 0.3) is 87.6 Å². The minimum absolute atomic E-state index is 0.547. The Morgan fingerprint density at radius 1 is 0.250 bits per heavy atom. The Bertz CT molecular complexity index is 4140. The van der Waals surface area contributed by atoms with Gasteiger partial charge in [0.1, 0.15) is 0 Å². The molecule has 0 spiro atoms. The van der Waals surface area contributed by atoms with Crippen molar-refractivity contribution in [2.24, 2.45) is 0 Å². The van der Waals surface area contributed by atoms with Gasteiger partial charge in [0.25, 0.3) is 0 Å². The van der Waals surface area contributed by atoms with Crippen molar-refractivity contribution in [3.63, 3.8) is 0 Å². The van der Waals surface area contributed by atoms with Crippen LogP contribution in [0.15, 0.2) is 285 Å². The monoisotopic (exact) mass is 913 g/mol. The van der Waals surface area contributed by atoms with Crippen molar-refractivity contribution in [1.29, 1.82) is 0 Å². The maximum Gasteiger partial charge on any atom is 0.0714 e. The number of fused-ring (bicyclic) bond motifs is 9. The lowest BCUT2D eigenvalue weighted by Gasteiger charge is -2.34. The topological polar surface area (TPSA) is 3.24 Å². The molecule has 0 saturated carbocycles. The van der Waals surface area contributed by atoms with E-state index in [0.29, 0.717) is 0 Å². The van der Waals surface area contributed by atoms with Crippen LogP contribution < -0.4 is 4.90 Å².